The van der Waals surface area contributed by atoms with Crippen molar-refractivity contribution in [3.63, 3.8) is 0 Å². The fourth-order valence-electron chi connectivity index (χ4n) is 2.49. The first-order valence-corrected chi connectivity index (χ1v) is 7.29. The van der Waals surface area contributed by atoms with E-state index in [0.717, 1.165) is 31.4 Å². The summed E-state index contributed by atoms with van der Waals surface area (Å²) >= 11 is 0. The Labute approximate surface area is 120 Å². The second kappa shape index (κ2) is 6.75. The number of nitrogens with one attached hydrogen (secondary N) is 1. The molecule has 0 bridgehead atoms. The van der Waals surface area contributed by atoms with Crippen LogP contribution in [0.3, 0.4) is 0 Å². The molecule has 1 amide bonds. The van der Waals surface area contributed by atoms with E-state index in [0.29, 0.717) is 6.04 Å². The molecule has 1 saturated carbocycles. The molecule has 0 heterocycles. The molecule has 0 aliphatic heterocycles. The third-order valence-electron chi connectivity index (χ3n) is 3.99. The van der Waals surface area contributed by atoms with Gasteiger partial charge in [-0.1, -0.05) is 6.07 Å². The van der Waals surface area contributed by atoms with Crippen molar-refractivity contribution in [2.24, 2.45) is 5.73 Å². The predicted octanol–water partition coefficient (Wildman–Crippen LogP) is 2.07. The van der Waals surface area contributed by atoms with E-state index in [1.54, 1.807) is 0 Å². The second-order valence-electron chi connectivity index (χ2n) is 5.71. The highest BCUT2D eigenvalue weighted by molar-refractivity contribution is 5.77. The largest absolute Gasteiger partial charge is 0.484 e. The molecule has 1 aromatic carbocycles. The Balaban J connectivity index is 1.76. The van der Waals surface area contributed by atoms with Crippen LogP contribution >= 0.6 is 0 Å². The SMILES string of the molecule is Cc1ccc(OCC(=O)NC2CCC(N)CC2)cc1C. The van der Waals surface area contributed by atoms with Gasteiger partial charge in [0.15, 0.2) is 6.61 Å². The number of hydrogen-bond donors (Lipinski definition) is 2. The highest BCUT2D eigenvalue weighted by Crippen LogP contribution is 2.18. The molecule has 0 aromatic heterocycles. The maximum atomic E-state index is 11.9. The molecular formula is C16H24N2O2. The van der Waals surface area contributed by atoms with Crippen LogP contribution in [0.4, 0.5) is 0 Å². The molecule has 2 rings (SSSR count). The average Bonchev–Trinajstić information content (AvgIpc) is 2.43. The number of carbonyl (C=O) groups is 1. The predicted molar refractivity (Wildman–Crippen MR) is 79.8 cm³/mol. The summed E-state index contributed by atoms with van der Waals surface area (Å²) in [5.74, 6) is 0.692. The lowest BCUT2D eigenvalue weighted by atomic mass is 9.92. The summed E-state index contributed by atoms with van der Waals surface area (Å²) in [6.07, 6.45) is 3.92. The zero-order valence-corrected chi connectivity index (χ0v) is 12.3. The second-order valence-corrected chi connectivity index (χ2v) is 5.71. The number of nitrogens with two attached hydrogens (primary N) is 1. The van der Waals surface area contributed by atoms with Gasteiger partial charge in [0.2, 0.25) is 0 Å². The lowest BCUT2D eigenvalue weighted by Gasteiger charge is -2.26. The van der Waals surface area contributed by atoms with E-state index in [2.05, 4.69) is 12.2 Å². The third-order valence-corrected chi connectivity index (χ3v) is 3.99. The van der Waals surface area contributed by atoms with Gasteiger partial charge >= 0.3 is 0 Å². The number of aryl methyl sites for hydroxylation is 2. The van der Waals surface area contributed by atoms with E-state index < -0.39 is 0 Å². The standard InChI is InChI=1S/C16H24N2O2/c1-11-3-8-15(9-12(11)2)20-10-16(19)18-14-6-4-13(17)5-7-14/h3,8-9,13-14H,4-7,10,17H2,1-2H3,(H,18,19). The van der Waals surface area contributed by atoms with Gasteiger partial charge in [-0.05, 0) is 62.8 Å². The molecule has 1 aromatic rings. The average molecular weight is 276 g/mol. The molecule has 110 valence electrons. The zero-order valence-electron chi connectivity index (χ0n) is 12.3. The van der Waals surface area contributed by atoms with Gasteiger partial charge < -0.3 is 15.8 Å². The van der Waals surface area contributed by atoms with Crippen molar-refractivity contribution >= 4 is 5.91 Å². The smallest absolute Gasteiger partial charge is 0.258 e. The van der Waals surface area contributed by atoms with Crippen LogP contribution in [-0.2, 0) is 4.79 Å². The van der Waals surface area contributed by atoms with Gasteiger partial charge in [-0.15, -0.1) is 0 Å². The normalized spacial score (nSPS) is 22.4. The molecule has 0 radical (unpaired) electrons. The molecule has 4 heteroatoms. The molecule has 1 aliphatic carbocycles. The maximum absolute atomic E-state index is 11.9. The maximum Gasteiger partial charge on any atom is 0.258 e. The Morgan fingerprint density at radius 2 is 1.95 bits per heavy atom. The Morgan fingerprint density at radius 1 is 1.25 bits per heavy atom. The van der Waals surface area contributed by atoms with Crippen molar-refractivity contribution in [1.82, 2.24) is 5.32 Å². The summed E-state index contributed by atoms with van der Waals surface area (Å²) in [6.45, 7) is 4.16. The minimum absolute atomic E-state index is 0.0521. The fourth-order valence-corrected chi connectivity index (χ4v) is 2.49. The number of ether oxygens (including phenoxy) is 1. The fraction of sp³-hybridized carbons (Fsp3) is 0.562. The van der Waals surface area contributed by atoms with Crippen molar-refractivity contribution in [2.45, 2.75) is 51.6 Å². The first-order chi connectivity index (χ1) is 9.54. The molecule has 0 spiro atoms. The summed E-state index contributed by atoms with van der Waals surface area (Å²) in [6, 6.07) is 6.42. The van der Waals surface area contributed by atoms with Gasteiger partial charge in [0.05, 0.1) is 0 Å². The number of hydrogen-bond acceptors (Lipinski definition) is 3. The highest BCUT2D eigenvalue weighted by atomic mass is 16.5. The number of carbonyl (C=O) groups excluding carboxylic acids is 1. The van der Waals surface area contributed by atoms with E-state index in [4.69, 9.17) is 10.5 Å². The van der Waals surface area contributed by atoms with Gasteiger partial charge in [0.1, 0.15) is 5.75 Å². The Bertz CT molecular complexity index is 466. The van der Waals surface area contributed by atoms with E-state index in [-0.39, 0.29) is 18.6 Å². The van der Waals surface area contributed by atoms with Gasteiger partial charge in [0, 0.05) is 12.1 Å². The van der Waals surface area contributed by atoms with Crippen LogP contribution in [0.2, 0.25) is 0 Å². The molecule has 0 unspecified atom stereocenters. The third kappa shape index (κ3) is 4.23. The quantitative estimate of drug-likeness (QED) is 0.885. The summed E-state index contributed by atoms with van der Waals surface area (Å²) in [5.41, 5.74) is 8.24. The summed E-state index contributed by atoms with van der Waals surface area (Å²) in [7, 11) is 0. The van der Waals surface area contributed by atoms with Crippen molar-refractivity contribution < 1.29 is 9.53 Å². The van der Waals surface area contributed by atoms with Crippen LogP contribution in [0.5, 0.6) is 5.75 Å². The highest BCUT2D eigenvalue weighted by Gasteiger charge is 2.20. The van der Waals surface area contributed by atoms with Crippen molar-refractivity contribution in [3.05, 3.63) is 29.3 Å². The van der Waals surface area contributed by atoms with Crippen LogP contribution in [0.15, 0.2) is 18.2 Å². The van der Waals surface area contributed by atoms with E-state index >= 15 is 0 Å². The Kier molecular flexibility index (Phi) is 5.01. The molecule has 1 aliphatic rings. The molecule has 0 saturated heterocycles. The van der Waals surface area contributed by atoms with E-state index in [9.17, 15) is 4.79 Å². The van der Waals surface area contributed by atoms with E-state index in [1.165, 1.54) is 11.1 Å². The van der Waals surface area contributed by atoms with Crippen molar-refractivity contribution in [1.29, 1.82) is 0 Å². The van der Waals surface area contributed by atoms with Crippen molar-refractivity contribution in [2.75, 3.05) is 6.61 Å². The summed E-state index contributed by atoms with van der Waals surface area (Å²) in [5, 5.41) is 3.02. The first-order valence-electron chi connectivity index (χ1n) is 7.29. The van der Waals surface area contributed by atoms with Crippen LogP contribution in [0, 0.1) is 13.8 Å². The van der Waals surface area contributed by atoms with E-state index in [1.807, 2.05) is 25.1 Å². The van der Waals surface area contributed by atoms with Gasteiger partial charge in [-0.3, -0.25) is 4.79 Å². The molecule has 4 nitrogen and oxygen atoms in total. The Hall–Kier alpha value is -1.55. The lowest BCUT2D eigenvalue weighted by molar-refractivity contribution is -0.124. The van der Waals surface area contributed by atoms with Crippen LogP contribution in [0.1, 0.15) is 36.8 Å². The number of rotatable bonds is 4. The van der Waals surface area contributed by atoms with Gasteiger partial charge in [-0.2, -0.15) is 0 Å². The molecule has 20 heavy (non-hydrogen) atoms. The molecular weight excluding hydrogens is 252 g/mol. The number of amides is 1. The topological polar surface area (TPSA) is 64.3 Å². The first kappa shape index (κ1) is 14.9. The van der Waals surface area contributed by atoms with Gasteiger partial charge in [-0.25, -0.2) is 0 Å². The van der Waals surface area contributed by atoms with Crippen LogP contribution in [-0.4, -0.2) is 24.6 Å². The number of benzene rings is 1. The Morgan fingerprint density at radius 3 is 2.60 bits per heavy atom. The van der Waals surface area contributed by atoms with Crippen LogP contribution < -0.4 is 15.8 Å². The summed E-state index contributed by atoms with van der Waals surface area (Å²) < 4.78 is 5.53. The molecule has 0 atom stereocenters. The minimum Gasteiger partial charge on any atom is -0.484 e. The zero-order chi connectivity index (χ0) is 14.5. The monoisotopic (exact) mass is 276 g/mol. The van der Waals surface area contributed by atoms with Gasteiger partial charge in [0.25, 0.3) is 5.91 Å². The molecule has 1 fully saturated rings. The van der Waals surface area contributed by atoms with Crippen molar-refractivity contribution in [3.8, 4) is 5.75 Å². The lowest BCUT2D eigenvalue weighted by Crippen LogP contribution is -2.42. The van der Waals surface area contributed by atoms with Crippen LogP contribution in [0.25, 0.3) is 0 Å². The molecule has 3 N–H and O–H groups in total. The minimum atomic E-state index is -0.0521. The summed E-state index contributed by atoms with van der Waals surface area (Å²) in [4.78, 5) is 11.9.